The van der Waals surface area contributed by atoms with Crippen LogP contribution in [0.2, 0.25) is 5.02 Å². The molecule has 5 rings (SSSR count). The molecule has 3 amide bonds. The molecule has 0 radical (unpaired) electrons. The molecule has 1 aromatic carbocycles. The molecule has 4 aliphatic carbocycles. The number of hydrogen-bond donors (Lipinski definition) is 3. The number of rotatable bonds is 5. The highest BCUT2D eigenvalue weighted by atomic mass is 35.5. The SMILES string of the molecule is O=C(CNC(=O)c1ccccc1Cl)NNC(=O)CC12CC3CC(CC(C3)C1)C2. The van der Waals surface area contributed by atoms with E-state index in [0.717, 1.165) is 37.0 Å². The number of amides is 3. The number of hydrogen-bond acceptors (Lipinski definition) is 3. The van der Waals surface area contributed by atoms with Crippen LogP contribution in [0.1, 0.15) is 55.3 Å². The van der Waals surface area contributed by atoms with Gasteiger partial charge in [0.05, 0.1) is 17.1 Å². The largest absolute Gasteiger partial charge is 0.343 e. The van der Waals surface area contributed by atoms with Gasteiger partial charge in [0.2, 0.25) is 5.91 Å². The molecule has 7 heteroatoms. The lowest BCUT2D eigenvalue weighted by Crippen LogP contribution is -2.51. The van der Waals surface area contributed by atoms with Crippen LogP contribution in [0.4, 0.5) is 0 Å². The fraction of sp³-hybridized carbons (Fsp3) is 0.571. The minimum atomic E-state index is -0.473. The predicted octanol–water partition coefficient (Wildman–Crippen LogP) is 2.82. The van der Waals surface area contributed by atoms with Gasteiger partial charge in [0, 0.05) is 6.42 Å². The molecule has 0 heterocycles. The van der Waals surface area contributed by atoms with E-state index in [2.05, 4.69) is 16.2 Å². The molecule has 3 N–H and O–H groups in total. The third-order valence-corrected chi connectivity index (χ3v) is 6.90. The summed E-state index contributed by atoms with van der Waals surface area (Å²) in [6.07, 6.45) is 7.92. The van der Waals surface area contributed by atoms with Gasteiger partial charge in [-0.3, -0.25) is 25.2 Å². The van der Waals surface area contributed by atoms with Gasteiger partial charge in [-0.1, -0.05) is 23.7 Å². The maximum atomic E-state index is 12.4. The molecular weight excluding hydrogens is 378 g/mol. The molecule has 6 nitrogen and oxygen atoms in total. The topological polar surface area (TPSA) is 87.3 Å². The summed E-state index contributed by atoms with van der Waals surface area (Å²) < 4.78 is 0. The van der Waals surface area contributed by atoms with Crippen molar-refractivity contribution < 1.29 is 14.4 Å². The van der Waals surface area contributed by atoms with Gasteiger partial charge in [-0.15, -0.1) is 0 Å². The Labute approximate surface area is 169 Å². The first-order valence-corrected chi connectivity index (χ1v) is 10.4. The highest BCUT2D eigenvalue weighted by molar-refractivity contribution is 6.33. The molecule has 4 saturated carbocycles. The number of hydrazine groups is 1. The molecule has 4 aliphatic rings. The molecular formula is C21H26ClN3O3. The maximum Gasteiger partial charge on any atom is 0.257 e. The molecule has 0 unspecified atom stereocenters. The molecule has 150 valence electrons. The molecule has 0 aromatic heterocycles. The normalized spacial score (nSPS) is 30.0. The third kappa shape index (κ3) is 4.17. The first-order valence-electron chi connectivity index (χ1n) is 10.0. The van der Waals surface area contributed by atoms with Gasteiger partial charge in [0.1, 0.15) is 0 Å². The van der Waals surface area contributed by atoms with E-state index in [1.807, 2.05) is 0 Å². The quantitative estimate of drug-likeness (QED) is 0.660. The highest BCUT2D eigenvalue weighted by Crippen LogP contribution is 2.61. The lowest BCUT2D eigenvalue weighted by molar-refractivity contribution is -0.134. The van der Waals surface area contributed by atoms with E-state index in [1.165, 1.54) is 19.3 Å². The molecule has 4 bridgehead atoms. The minimum absolute atomic E-state index is 0.127. The minimum Gasteiger partial charge on any atom is -0.343 e. The van der Waals surface area contributed by atoms with Crippen LogP contribution in [0.25, 0.3) is 0 Å². The maximum absolute atomic E-state index is 12.4. The van der Waals surface area contributed by atoms with Crippen molar-refractivity contribution in [3.63, 3.8) is 0 Å². The second kappa shape index (κ2) is 7.74. The van der Waals surface area contributed by atoms with E-state index in [0.29, 0.717) is 17.0 Å². The van der Waals surface area contributed by atoms with Crippen LogP contribution in [0.3, 0.4) is 0 Å². The second-order valence-electron chi connectivity index (χ2n) is 8.85. The van der Waals surface area contributed by atoms with Gasteiger partial charge in [-0.25, -0.2) is 0 Å². The second-order valence-corrected chi connectivity index (χ2v) is 9.26. The zero-order chi connectivity index (χ0) is 19.7. The monoisotopic (exact) mass is 403 g/mol. The van der Waals surface area contributed by atoms with Crippen molar-refractivity contribution in [2.45, 2.75) is 44.9 Å². The molecule has 0 aliphatic heterocycles. The zero-order valence-corrected chi connectivity index (χ0v) is 16.6. The number of carbonyl (C=O) groups excluding carboxylic acids is 3. The number of nitrogens with one attached hydrogen (secondary N) is 3. The van der Waals surface area contributed by atoms with Gasteiger partial charge in [-0.2, -0.15) is 0 Å². The van der Waals surface area contributed by atoms with Gasteiger partial charge in [-0.05, 0) is 73.8 Å². The van der Waals surface area contributed by atoms with Gasteiger partial charge >= 0.3 is 0 Å². The van der Waals surface area contributed by atoms with Crippen molar-refractivity contribution in [2.75, 3.05) is 6.54 Å². The average Bonchev–Trinajstić information content (AvgIpc) is 2.63. The summed E-state index contributed by atoms with van der Waals surface area (Å²) in [7, 11) is 0. The molecule has 0 saturated heterocycles. The summed E-state index contributed by atoms with van der Waals surface area (Å²) in [6, 6.07) is 6.63. The van der Waals surface area contributed by atoms with Crippen LogP contribution in [0.5, 0.6) is 0 Å². The van der Waals surface area contributed by atoms with E-state index in [4.69, 9.17) is 11.6 Å². The Hall–Kier alpha value is -2.08. The Kier molecular flexibility index (Phi) is 5.32. The van der Waals surface area contributed by atoms with Crippen molar-refractivity contribution in [3.05, 3.63) is 34.9 Å². The average molecular weight is 404 g/mol. The first-order chi connectivity index (χ1) is 13.4. The molecule has 0 atom stereocenters. The van der Waals surface area contributed by atoms with Crippen molar-refractivity contribution in [3.8, 4) is 0 Å². The Morgan fingerprint density at radius 2 is 1.50 bits per heavy atom. The number of halogens is 1. The van der Waals surface area contributed by atoms with E-state index in [1.54, 1.807) is 24.3 Å². The zero-order valence-electron chi connectivity index (χ0n) is 15.8. The summed E-state index contributed by atoms with van der Waals surface area (Å²) in [5, 5.41) is 2.83. The summed E-state index contributed by atoms with van der Waals surface area (Å²) >= 11 is 5.97. The van der Waals surface area contributed by atoms with Crippen LogP contribution in [0.15, 0.2) is 24.3 Å². The molecule has 0 spiro atoms. The van der Waals surface area contributed by atoms with Crippen LogP contribution in [-0.2, 0) is 9.59 Å². The highest BCUT2D eigenvalue weighted by Gasteiger charge is 2.51. The number of benzene rings is 1. The third-order valence-electron chi connectivity index (χ3n) is 6.57. The predicted molar refractivity (Wildman–Crippen MR) is 105 cm³/mol. The van der Waals surface area contributed by atoms with Crippen molar-refractivity contribution in [2.24, 2.45) is 23.2 Å². The van der Waals surface area contributed by atoms with Crippen LogP contribution >= 0.6 is 11.6 Å². The Morgan fingerprint density at radius 1 is 0.929 bits per heavy atom. The molecule has 28 heavy (non-hydrogen) atoms. The van der Waals surface area contributed by atoms with Crippen LogP contribution in [-0.4, -0.2) is 24.3 Å². The Balaban J connectivity index is 1.21. The van der Waals surface area contributed by atoms with E-state index in [9.17, 15) is 14.4 Å². The van der Waals surface area contributed by atoms with E-state index in [-0.39, 0.29) is 17.9 Å². The summed E-state index contributed by atoms with van der Waals surface area (Å²) in [6.45, 7) is -0.234. The standard InChI is InChI=1S/C21H26ClN3O3/c22-17-4-2-1-3-16(17)20(28)23-12-19(27)25-24-18(26)11-21-8-13-5-14(9-21)7-15(6-13)10-21/h1-4,13-15H,5-12H2,(H,23,28)(H,24,26)(H,25,27). The summed E-state index contributed by atoms with van der Waals surface area (Å²) in [5.74, 6) is 1.31. The van der Waals surface area contributed by atoms with Crippen LogP contribution < -0.4 is 16.2 Å². The lowest BCUT2D eigenvalue weighted by Gasteiger charge is -2.56. The lowest BCUT2D eigenvalue weighted by atomic mass is 9.49. The van der Waals surface area contributed by atoms with Crippen molar-refractivity contribution in [1.29, 1.82) is 0 Å². The Morgan fingerprint density at radius 3 is 2.11 bits per heavy atom. The fourth-order valence-electron chi connectivity index (χ4n) is 5.98. The summed E-state index contributed by atoms with van der Waals surface area (Å²) in [4.78, 5) is 36.4. The van der Waals surface area contributed by atoms with Gasteiger partial charge in [0.25, 0.3) is 11.8 Å². The van der Waals surface area contributed by atoms with Gasteiger partial charge in [0.15, 0.2) is 0 Å². The molecule has 1 aromatic rings. The van der Waals surface area contributed by atoms with E-state index >= 15 is 0 Å². The number of carbonyl (C=O) groups is 3. The van der Waals surface area contributed by atoms with Gasteiger partial charge < -0.3 is 5.32 Å². The van der Waals surface area contributed by atoms with Crippen molar-refractivity contribution in [1.82, 2.24) is 16.2 Å². The van der Waals surface area contributed by atoms with Crippen LogP contribution in [0, 0.1) is 23.2 Å². The summed E-state index contributed by atoms with van der Waals surface area (Å²) in [5.41, 5.74) is 5.35. The smallest absolute Gasteiger partial charge is 0.257 e. The van der Waals surface area contributed by atoms with Crippen molar-refractivity contribution >= 4 is 29.3 Å². The Bertz CT molecular complexity index is 760. The van der Waals surface area contributed by atoms with E-state index < -0.39 is 11.8 Å². The fourth-order valence-corrected chi connectivity index (χ4v) is 6.20. The first kappa shape index (κ1) is 19.2. The molecule has 4 fully saturated rings.